The number of hydrogen-bond acceptors (Lipinski definition) is 5. The van der Waals surface area contributed by atoms with Crippen LogP contribution in [0.4, 0.5) is 0 Å². The molecular formula is C15H18N4O2S. The Morgan fingerprint density at radius 2 is 1.95 bits per heavy atom. The van der Waals surface area contributed by atoms with Gasteiger partial charge in [0.15, 0.2) is 5.69 Å². The Kier molecular flexibility index (Phi) is 4.44. The number of amides is 1. The molecule has 0 aliphatic carbocycles. The molecule has 116 valence electrons. The molecule has 0 unspecified atom stereocenters. The van der Waals surface area contributed by atoms with Gasteiger partial charge in [-0.2, -0.15) is 16.9 Å². The van der Waals surface area contributed by atoms with Gasteiger partial charge in [0.05, 0.1) is 12.1 Å². The third-order valence-electron chi connectivity index (χ3n) is 3.75. The van der Waals surface area contributed by atoms with Crippen LogP contribution in [0.2, 0.25) is 0 Å². The van der Waals surface area contributed by atoms with E-state index in [0.29, 0.717) is 23.1 Å². The molecule has 3 rings (SSSR count). The van der Waals surface area contributed by atoms with E-state index in [1.165, 1.54) is 4.68 Å². The Morgan fingerprint density at radius 1 is 1.27 bits per heavy atom. The second kappa shape index (κ2) is 6.50. The summed E-state index contributed by atoms with van der Waals surface area (Å²) in [5.74, 6) is 1.84. The third-order valence-corrected chi connectivity index (χ3v) is 4.69. The molecule has 1 N–H and O–H groups in total. The van der Waals surface area contributed by atoms with E-state index in [4.69, 9.17) is 0 Å². The lowest BCUT2D eigenvalue weighted by atomic mass is 10.1. The maximum Gasteiger partial charge on any atom is 0.275 e. The van der Waals surface area contributed by atoms with Gasteiger partial charge in [0.25, 0.3) is 11.5 Å². The van der Waals surface area contributed by atoms with Crippen LogP contribution >= 0.6 is 11.8 Å². The van der Waals surface area contributed by atoms with Crippen molar-refractivity contribution in [2.45, 2.75) is 6.67 Å². The standard InChI is InChI=1S/C15H18N4O2S/c1-16-14(20)13-11-4-2-3-5-12(11)15(21)19(17-13)10-18-6-8-22-9-7-18/h2-5H,6-10H2,1H3,(H,16,20). The average Bonchev–Trinajstić information content (AvgIpc) is 2.58. The van der Waals surface area contributed by atoms with Crippen molar-refractivity contribution in [2.75, 3.05) is 31.6 Å². The minimum Gasteiger partial charge on any atom is -0.354 e. The summed E-state index contributed by atoms with van der Waals surface area (Å²) in [4.78, 5) is 26.9. The summed E-state index contributed by atoms with van der Waals surface area (Å²) in [6, 6.07) is 7.12. The summed E-state index contributed by atoms with van der Waals surface area (Å²) in [5.41, 5.74) is 0.144. The van der Waals surface area contributed by atoms with Gasteiger partial charge in [-0.3, -0.25) is 14.5 Å². The first kappa shape index (κ1) is 15.1. The minimum atomic E-state index is -0.279. The largest absolute Gasteiger partial charge is 0.354 e. The number of nitrogens with one attached hydrogen (secondary N) is 1. The van der Waals surface area contributed by atoms with Gasteiger partial charge < -0.3 is 5.32 Å². The lowest BCUT2D eigenvalue weighted by Crippen LogP contribution is -2.39. The number of nitrogens with zero attached hydrogens (tertiary/aromatic N) is 3. The highest BCUT2D eigenvalue weighted by Crippen LogP contribution is 2.14. The van der Waals surface area contributed by atoms with E-state index in [0.717, 1.165) is 24.6 Å². The van der Waals surface area contributed by atoms with Crippen LogP contribution in [0.3, 0.4) is 0 Å². The summed E-state index contributed by atoms with van der Waals surface area (Å²) < 4.78 is 1.41. The van der Waals surface area contributed by atoms with Crippen molar-refractivity contribution in [3.8, 4) is 0 Å². The molecule has 22 heavy (non-hydrogen) atoms. The van der Waals surface area contributed by atoms with Crippen LogP contribution in [0.15, 0.2) is 29.1 Å². The molecule has 6 nitrogen and oxygen atoms in total. The molecule has 1 aromatic heterocycles. The smallest absolute Gasteiger partial charge is 0.275 e. The number of benzene rings is 1. The molecule has 0 spiro atoms. The van der Waals surface area contributed by atoms with Crippen molar-refractivity contribution in [1.29, 1.82) is 0 Å². The number of hydrogen-bond donors (Lipinski definition) is 1. The first-order valence-electron chi connectivity index (χ1n) is 7.23. The number of carbonyl (C=O) groups is 1. The molecule has 0 bridgehead atoms. The van der Waals surface area contributed by atoms with Gasteiger partial charge in [-0.25, -0.2) is 4.68 Å². The summed E-state index contributed by atoms with van der Waals surface area (Å²) in [6.07, 6.45) is 0. The van der Waals surface area contributed by atoms with Crippen molar-refractivity contribution in [3.63, 3.8) is 0 Å². The van der Waals surface area contributed by atoms with Crippen molar-refractivity contribution in [3.05, 3.63) is 40.3 Å². The Hall–Kier alpha value is -1.86. The Morgan fingerprint density at radius 3 is 2.64 bits per heavy atom. The third kappa shape index (κ3) is 2.86. The lowest BCUT2D eigenvalue weighted by molar-refractivity contribution is 0.0956. The number of rotatable bonds is 3. The number of carbonyl (C=O) groups excluding carboxylic acids is 1. The van der Waals surface area contributed by atoms with Crippen LogP contribution in [-0.2, 0) is 6.67 Å². The number of aromatic nitrogens is 2. The fraction of sp³-hybridized carbons (Fsp3) is 0.400. The maximum absolute atomic E-state index is 12.6. The van der Waals surface area contributed by atoms with E-state index < -0.39 is 0 Å². The summed E-state index contributed by atoms with van der Waals surface area (Å²) in [5, 5.41) is 8.02. The lowest BCUT2D eigenvalue weighted by Gasteiger charge is -2.26. The topological polar surface area (TPSA) is 67.2 Å². The molecule has 0 radical (unpaired) electrons. The zero-order valence-corrected chi connectivity index (χ0v) is 13.2. The predicted molar refractivity (Wildman–Crippen MR) is 88.3 cm³/mol. The van der Waals surface area contributed by atoms with Crippen LogP contribution < -0.4 is 10.9 Å². The Bertz CT molecular complexity index is 753. The highest BCUT2D eigenvalue weighted by atomic mass is 32.2. The van der Waals surface area contributed by atoms with Crippen LogP contribution in [-0.4, -0.2) is 52.2 Å². The fourth-order valence-electron chi connectivity index (χ4n) is 2.55. The first-order chi connectivity index (χ1) is 10.7. The second-order valence-electron chi connectivity index (χ2n) is 5.15. The highest BCUT2D eigenvalue weighted by Gasteiger charge is 2.17. The van der Waals surface area contributed by atoms with Gasteiger partial charge in [0.1, 0.15) is 0 Å². The molecule has 0 atom stereocenters. The maximum atomic E-state index is 12.6. The fourth-order valence-corrected chi connectivity index (χ4v) is 3.53. The quantitative estimate of drug-likeness (QED) is 0.905. The van der Waals surface area contributed by atoms with Crippen LogP contribution in [0.25, 0.3) is 10.8 Å². The van der Waals surface area contributed by atoms with E-state index in [-0.39, 0.29) is 11.5 Å². The second-order valence-corrected chi connectivity index (χ2v) is 6.37. The molecule has 0 saturated carbocycles. The zero-order valence-electron chi connectivity index (χ0n) is 12.4. The molecule has 2 heterocycles. The van der Waals surface area contributed by atoms with Crippen LogP contribution in [0.1, 0.15) is 10.5 Å². The molecule has 1 saturated heterocycles. The molecule has 1 aliphatic rings. The van der Waals surface area contributed by atoms with Gasteiger partial charge in [0.2, 0.25) is 0 Å². The molecule has 1 fully saturated rings. The summed E-state index contributed by atoms with van der Waals surface area (Å²) in [6.45, 7) is 2.29. The van der Waals surface area contributed by atoms with Gasteiger partial charge in [-0.15, -0.1) is 0 Å². The molecule has 1 amide bonds. The minimum absolute atomic E-state index is 0.151. The van der Waals surface area contributed by atoms with Gasteiger partial charge in [-0.05, 0) is 6.07 Å². The van der Waals surface area contributed by atoms with Crippen LogP contribution in [0.5, 0.6) is 0 Å². The molecule has 1 aromatic carbocycles. The van der Waals surface area contributed by atoms with Gasteiger partial charge in [-0.1, -0.05) is 18.2 Å². The zero-order chi connectivity index (χ0) is 15.5. The normalized spacial score (nSPS) is 15.9. The van der Waals surface area contributed by atoms with Gasteiger partial charge in [0, 0.05) is 37.0 Å². The van der Waals surface area contributed by atoms with Gasteiger partial charge >= 0.3 is 0 Å². The predicted octanol–water partition coefficient (Wildman–Crippen LogP) is 0.762. The van der Waals surface area contributed by atoms with Crippen molar-refractivity contribution < 1.29 is 4.79 Å². The Labute approximate surface area is 132 Å². The molecule has 7 heteroatoms. The van der Waals surface area contributed by atoms with E-state index in [9.17, 15) is 9.59 Å². The van der Waals surface area contributed by atoms with E-state index in [1.54, 1.807) is 25.2 Å². The van der Waals surface area contributed by atoms with Crippen molar-refractivity contribution in [2.24, 2.45) is 0 Å². The van der Waals surface area contributed by atoms with Crippen LogP contribution in [0, 0.1) is 0 Å². The number of fused-ring (bicyclic) bond motifs is 1. The van der Waals surface area contributed by atoms with E-state index in [1.807, 2.05) is 17.8 Å². The number of thioether (sulfide) groups is 1. The molecule has 2 aromatic rings. The monoisotopic (exact) mass is 318 g/mol. The van der Waals surface area contributed by atoms with E-state index in [2.05, 4.69) is 15.3 Å². The summed E-state index contributed by atoms with van der Waals surface area (Å²) in [7, 11) is 1.57. The van der Waals surface area contributed by atoms with E-state index >= 15 is 0 Å². The van der Waals surface area contributed by atoms with Crippen molar-refractivity contribution >= 4 is 28.4 Å². The molecular weight excluding hydrogens is 300 g/mol. The SMILES string of the molecule is CNC(=O)c1nn(CN2CCSCC2)c(=O)c2ccccc12. The van der Waals surface area contributed by atoms with Crippen molar-refractivity contribution in [1.82, 2.24) is 20.0 Å². The first-order valence-corrected chi connectivity index (χ1v) is 8.38. The Balaban J connectivity index is 2.07. The highest BCUT2D eigenvalue weighted by molar-refractivity contribution is 7.99. The average molecular weight is 318 g/mol. The summed E-state index contributed by atoms with van der Waals surface area (Å²) >= 11 is 1.91. The molecule has 1 aliphatic heterocycles.